The van der Waals surface area contributed by atoms with Crippen LogP contribution in [0.1, 0.15) is 74.3 Å². The number of amides is 1. The Kier molecular flexibility index (Phi) is 6.14. The first-order valence-corrected chi connectivity index (χ1v) is 11.4. The Morgan fingerprint density at radius 2 is 1.79 bits per heavy atom. The average molecular weight is 452 g/mol. The van der Waals surface area contributed by atoms with Gasteiger partial charge < -0.3 is 14.1 Å². The molecule has 0 aliphatic carbocycles. The molecule has 0 saturated carbocycles. The highest BCUT2D eigenvalue weighted by Gasteiger charge is 2.42. The van der Waals surface area contributed by atoms with E-state index in [0.29, 0.717) is 19.6 Å². The second-order valence-electron chi connectivity index (χ2n) is 9.86. The third kappa shape index (κ3) is 4.44. The van der Waals surface area contributed by atoms with Crippen molar-refractivity contribution in [1.29, 1.82) is 0 Å². The van der Waals surface area contributed by atoms with Crippen LogP contribution in [0.15, 0.2) is 51.7 Å². The molecule has 0 unspecified atom stereocenters. The smallest absolute Gasteiger partial charge is 0.290 e. The number of benzene rings is 2. The Morgan fingerprint density at radius 3 is 2.42 bits per heavy atom. The third-order valence-corrected chi connectivity index (χ3v) is 6.01. The zero-order valence-electron chi connectivity index (χ0n) is 19.8. The Labute approximate surface area is 193 Å². The fraction of sp³-hybridized carbons (Fsp3) is 0.407. The molecule has 1 atom stereocenters. The van der Waals surface area contributed by atoms with Crippen molar-refractivity contribution in [2.45, 2.75) is 58.6 Å². The molecule has 4 rings (SSSR count). The van der Waals surface area contributed by atoms with Gasteiger partial charge in [-0.2, -0.15) is 0 Å². The zero-order valence-corrected chi connectivity index (χ0v) is 19.8. The van der Waals surface area contributed by atoms with Gasteiger partial charge in [0.05, 0.1) is 23.1 Å². The first-order valence-electron chi connectivity index (χ1n) is 11.4. The van der Waals surface area contributed by atoms with E-state index in [1.807, 2.05) is 38.1 Å². The van der Waals surface area contributed by atoms with Gasteiger partial charge in [-0.1, -0.05) is 45.0 Å². The van der Waals surface area contributed by atoms with Crippen molar-refractivity contribution in [3.63, 3.8) is 0 Å². The normalized spacial score (nSPS) is 16.2. The number of fused-ring (bicyclic) bond motifs is 2. The molecule has 174 valence electrons. The molecule has 2 aromatic carbocycles. The minimum absolute atomic E-state index is 0.0252. The molecule has 1 aliphatic rings. The molecule has 0 N–H and O–H groups in total. The lowest BCUT2D eigenvalue weighted by Crippen LogP contribution is -2.31. The topological polar surface area (TPSA) is 59.8 Å². The molecule has 0 saturated heterocycles. The second kappa shape index (κ2) is 8.75. The molecule has 33 heavy (non-hydrogen) atoms. The number of nitrogens with zero attached hydrogens (tertiary/aromatic N) is 1. The van der Waals surface area contributed by atoms with Crippen molar-refractivity contribution in [2.24, 2.45) is 0 Å². The summed E-state index contributed by atoms with van der Waals surface area (Å²) in [6, 6.07) is 11.2. The van der Waals surface area contributed by atoms with Gasteiger partial charge in [-0.25, -0.2) is 4.39 Å². The van der Waals surface area contributed by atoms with Crippen molar-refractivity contribution >= 4 is 16.9 Å². The summed E-state index contributed by atoms with van der Waals surface area (Å²) in [6.07, 6.45) is 0.720. The van der Waals surface area contributed by atoms with Crippen LogP contribution >= 0.6 is 0 Å². The highest BCUT2D eigenvalue weighted by atomic mass is 19.1. The van der Waals surface area contributed by atoms with Crippen LogP contribution in [0.3, 0.4) is 0 Å². The maximum Gasteiger partial charge on any atom is 0.290 e. The van der Waals surface area contributed by atoms with Crippen LogP contribution in [0.25, 0.3) is 11.0 Å². The molecule has 6 heteroatoms. The van der Waals surface area contributed by atoms with E-state index >= 15 is 0 Å². The van der Waals surface area contributed by atoms with Gasteiger partial charge in [0.15, 0.2) is 5.43 Å². The van der Waals surface area contributed by atoms with Crippen LogP contribution in [0.4, 0.5) is 4.39 Å². The fourth-order valence-corrected chi connectivity index (χ4v) is 4.29. The molecule has 0 fully saturated rings. The van der Waals surface area contributed by atoms with E-state index in [9.17, 15) is 14.0 Å². The summed E-state index contributed by atoms with van der Waals surface area (Å²) in [5.41, 5.74) is 2.06. The second-order valence-corrected chi connectivity index (χ2v) is 9.86. The number of rotatable bonds is 6. The molecular formula is C27H30FNO4. The molecular weight excluding hydrogens is 421 g/mol. The van der Waals surface area contributed by atoms with E-state index in [2.05, 4.69) is 20.8 Å². The summed E-state index contributed by atoms with van der Waals surface area (Å²) in [5, 5.41) is 0.142. The Balaban J connectivity index is 1.81. The third-order valence-electron chi connectivity index (χ3n) is 6.01. The average Bonchev–Trinajstić information content (AvgIpc) is 3.03. The minimum atomic E-state index is -0.593. The molecule has 3 aromatic rings. The van der Waals surface area contributed by atoms with Crippen LogP contribution in [0.5, 0.6) is 0 Å². The van der Waals surface area contributed by atoms with Crippen LogP contribution in [-0.2, 0) is 10.2 Å². The maximum absolute atomic E-state index is 13.9. The first-order chi connectivity index (χ1) is 15.6. The van der Waals surface area contributed by atoms with Crippen LogP contribution in [0, 0.1) is 5.82 Å². The Morgan fingerprint density at radius 1 is 1.09 bits per heavy atom. The van der Waals surface area contributed by atoms with Gasteiger partial charge in [0.1, 0.15) is 11.4 Å². The Hall–Kier alpha value is -2.99. The number of ether oxygens (including phenoxy) is 1. The summed E-state index contributed by atoms with van der Waals surface area (Å²) in [4.78, 5) is 28.5. The van der Waals surface area contributed by atoms with E-state index < -0.39 is 11.9 Å². The monoisotopic (exact) mass is 451 g/mol. The highest BCUT2D eigenvalue weighted by molar-refractivity contribution is 5.99. The van der Waals surface area contributed by atoms with Gasteiger partial charge >= 0.3 is 0 Å². The number of carbonyl (C=O) groups is 1. The van der Waals surface area contributed by atoms with Gasteiger partial charge in [0, 0.05) is 13.2 Å². The van der Waals surface area contributed by atoms with Crippen molar-refractivity contribution < 1.29 is 18.3 Å². The molecule has 0 spiro atoms. The van der Waals surface area contributed by atoms with Crippen molar-refractivity contribution in [3.8, 4) is 0 Å². The highest BCUT2D eigenvalue weighted by Crippen LogP contribution is 2.39. The van der Waals surface area contributed by atoms with Crippen LogP contribution < -0.4 is 5.43 Å². The number of carbonyl (C=O) groups excluding carboxylic acids is 1. The largest absolute Gasteiger partial charge is 0.450 e. The predicted molar refractivity (Wildman–Crippen MR) is 126 cm³/mol. The molecule has 0 bridgehead atoms. The molecule has 1 aliphatic heterocycles. The summed E-state index contributed by atoms with van der Waals surface area (Å²) in [6.45, 7) is 11.2. The zero-order chi connectivity index (χ0) is 23.9. The molecule has 1 amide bonds. The van der Waals surface area contributed by atoms with Gasteiger partial charge in [-0.15, -0.1) is 0 Å². The van der Waals surface area contributed by atoms with Crippen molar-refractivity contribution in [2.75, 3.05) is 13.2 Å². The van der Waals surface area contributed by atoms with Crippen molar-refractivity contribution in [3.05, 3.63) is 81.0 Å². The van der Waals surface area contributed by atoms with Gasteiger partial charge in [0.2, 0.25) is 5.76 Å². The molecule has 5 nitrogen and oxygen atoms in total. The van der Waals surface area contributed by atoms with Crippen molar-refractivity contribution in [1.82, 2.24) is 4.90 Å². The number of halogens is 1. The SMILES string of the molecule is CC(C)OCCCN1C(=O)c2oc3ccc(F)cc3c(=O)c2[C@H]1c1ccc(C(C)(C)C)cc1. The number of hydrogen-bond acceptors (Lipinski definition) is 4. The van der Waals surface area contributed by atoms with Gasteiger partial charge in [-0.05, 0) is 55.0 Å². The van der Waals surface area contributed by atoms with E-state index in [1.54, 1.807) is 4.90 Å². The molecule has 0 radical (unpaired) electrons. The lowest BCUT2D eigenvalue weighted by molar-refractivity contribution is 0.0593. The fourth-order valence-electron chi connectivity index (χ4n) is 4.29. The summed E-state index contributed by atoms with van der Waals surface area (Å²) < 4.78 is 25.4. The summed E-state index contributed by atoms with van der Waals surface area (Å²) in [5.74, 6) is -0.815. The first kappa shape index (κ1) is 23.2. The lowest BCUT2D eigenvalue weighted by Gasteiger charge is -2.26. The predicted octanol–water partition coefficient (Wildman–Crippen LogP) is 5.59. The molecule has 1 aromatic heterocycles. The summed E-state index contributed by atoms with van der Waals surface area (Å²) in [7, 11) is 0. The van der Waals surface area contributed by atoms with Gasteiger partial charge in [-0.3, -0.25) is 9.59 Å². The van der Waals surface area contributed by atoms with E-state index in [4.69, 9.17) is 9.15 Å². The number of hydrogen-bond donors (Lipinski definition) is 0. The standard InChI is InChI=1S/C27H30FNO4/c1-16(2)32-14-6-13-29-23(17-7-9-18(10-8-17)27(3,4)5)22-24(30)20-15-19(28)11-12-21(20)33-25(22)26(29)31/h7-12,15-16,23H,6,13-14H2,1-5H3/t23-/m1/s1. The minimum Gasteiger partial charge on any atom is -0.450 e. The summed E-state index contributed by atoms with van der Waals surface area (Å²) >= 11 is 0. The van der Waals surface area contributed by atoms with Gasteiger partial charge in [0.25, 0.3) is 5.91 Å². The van der Waals surface area contributed by atoms with E-state index in [-0.39, 0.29) is 45.1 Å². The lowest BCUT2D eigenvalue weighted by atomic mass is 9.86. The molecule has 2 heterocycles. The van der Waals surface area contributed by atoms with E-state index in [1.165, 1.54) is 18.2 Å². The van der Waals surface area contributed by atoms with E-state index in [0.717, 1.165) is 11.1 Å². The quantitative estimate of drug-likeness (QED) is 0.459. The Bertz CT molecular complexity index is 1240. The maximum atomic E-state index is 13.9. The van der Waals surface area contributed by atoms with Crippen LogP contribution in [-0.4, -0.2) is 30.1 Å². The van der Waals surface area contributed by atoms with Crippen LogP contribution in [0.2, 0.25) is 0 Å².